The molecule has 0 saturated heterocycles. The fourth-order valence-electron chi connectivity index (χ4n) is 9.18. The molecule has 0 aromatic heterocycles. The summed E-state index contributed by atoms with van der Waals surface area (Å²) in [5.74, 6) is 0. The van der Waals surface area contributed by atoms with Gasteiger partial charge in [-0.25, -0.2) is 0 Å². The molecule has 0 N–H and O–H groups in total. The first-order valence-electron chi connectivity index (χ1n) is 27.7. The van der Waals surface area contributed by atoms with Crippen molar-refractivity contribution in [2.24, 2.45) is 8.82 Å². The monoisotopic (exact) mass is 1820 g/mol. The number of benzene rings is 8. The molecule has 21 heteroatoms. The van der Waals surface area contributed by atoms with Crippen LogP contribution in [0.15, 0.2) is 251 Å². The summed E-state index contributed by atoms with van der Waals surface area (Å²) in [5, 5.41) is 10.0. The Hall–Kier alpha value is 0.144. The van der Waals surface area contributed by atoms with Gasteiger partial charge in [0.25, 0.3) is 0 Å². The van der Waals surface area contributed by atoms with E-state index < -0.39 is 61.1 Å². The zero-order valence-electron chi connectivity index (χ0n) is 52.1. The van der Waals surface area contributed by atoms with E-state index in [2.05, 4.69) is 332 Å². The molecule has 0 amide bonds. The quantitative estimate of drug-likeness (QED) is 0.0365. The van der Waals surface area contributed by atoms with E-state index in [4.69, 9.17) is 23.1 Å². The number of hydrogen-bond donors (Lipinski definition) is 0. The molecule has 492 valence electrons. The molecule has 5 nitrogen and oxygen atoms in total. The first-order chi connectivity index (χ1) is 37.5. The molecule has 0 radical (unpaired) electrons. The maximum Gasteiger partial charge on any atom is 1.00 e. The van der Waals surface area contributed by atoms with Crippen molar-refractivity contribution in [1.29, 1.82) is 0 Å². The third kappa shape index (κ3) is 27.1. The SMILES string of the molecule is CCOCC.C[Si](C)(C)N=P([C-]=P([N-][Si](C)(C)C)(c1ccccc1)c1ccccc1)(c1ccccc1)c1ccccc1.C[Si](C)(C)N=P([C-]=P([N-][Si](C)(C)C)(c1ccccc1)c1ccccc1)(c1ccccc1)c1ccccc1.[Cu+].[Cu+].[Cu+].[Cu+].[Cu+].[Cu+].[I-].[I-]. The van der Waals surface area contributed by atoms with Gasteiger partial charge in [0.1, 0.15) is 0 Å². The molecule has 0 atom stereocenters. The van der Waals surface area contributed by atoms with E-state index in [1.165, 1.54) is 42.4 Å². The second kappa shape index (κ2) is 42.6. The summed E-state index contributed by atoms with van der Waals surface area (Å²) >= 11 is 0. The van der Waals surface area contributed by atoms with E-state index in [1.807, 2.05) is 13.8 Å². The summed E-state index contributed by atoms with van der Waals surface area (Å²) in [6, 6.07) is 87.3. The Morgan fingerprint density at radius 3 is 0.586 bits per heavy atom. The molecule has 0 fully saturated rings. The molecule has 0 unspecified atom stereocenters. The summed E-state index contributed by atoms with van der Waals surface area (Å²) < 4.78 is 28.3. The number of rotatable bonds is 18. The van der Waals surface area contributed by atoms with E-state index in [0.29, 0.717) is 0 Å². The predicted molar refractivity (Wildman–Crippen MR) is 373 cm³/mol. The Morgan fingerprint density at radius 2 is 0.460 bits per heavy atom. The van der Waals surface area contributed by atoms with Crippen LogP contribution >= 0.6 is 28.2 Å². The van der Waals surface area contributed by atoms with Crippen LogP contribution in [0.25, 0.3) is 9.51 Å². The van der Waals surface area contributed by atoms with Crippen molar-refractivity contribution in [3.05, 3.63) is 252 Å². The molecule has 8 aromatic rings. The minimum absolute atomic E-state index is 0. The van der Waals surface area contributed by atoms with E-state index in [-0.39, 0.29) is 150 Å². The van der Waals surface area contributed by atoms with Gasteiger partial charge in [0, 0.05) is 13.2 Å². The molecule has 87 heavy (non-hydrogen) atoms. The van der Waals surface area contributed by atoms with Crippen molar-refractivity contribution in [3.63, 3.8) is 0 Å². The number of ether oxygens (including phenoxy) is 1. The van der Waals surface area contributed by atoms with Crippen LogP contribution in [0.1, 0.15) is 13.8 Å². The predicted octanol–water partition coefficient (Wildman–Crippen LogP) is 11.2. The molecular formula is C66H86Cu6I2N4OP4Si4. The van der Waals surface area contributed by atoms with Gasteiger partial charge in [-0.3, -0.25) is 0 Å². The maximum atomic E-state index is 5.87. The van der Waals surface area contributed by atoms with E-state index in [0.717, 1.165) is 13.2 Å². The third-order valence-corrected chi connectivity index (χ3v) is 39.2. The van der Waals surface area contributed by atoms with Crippen LogP contribution in [-0.4, -0.2) is 57.2 Å². The summed E-state index contributed by atoms with van der Waals surface area (Å²) in [5.41, 5.74) is 8.84. The van der Waals surface area contributed by atoms with Gasteiger partial charge < -0.3 is 96.2 Å². The fraction of sp³-hybridized carbons (Fsp3) is 0.242. The minimum Gasteiger partial charge on any atom is -1.00 e. The van der Waals surface area contributed by atoms with Crippen molar-refractivity contribution in [3.8, 4) is 0 Å². The van der Waals surface area contributed by atoms with Crippen molar-refractivity contribution >= 4 is 115 Å². The van der Waals surface area contributed by atoms with Crippen LogP contribution in [0.5, 0.6) is 0 Å². The summed E-state index contributed by atoms with van der Waals surface area (Å²) in [7, 11) is -17.5. The zero-order valence-corrected chi connectivity index (χ0v) is 69.6. The largest absolute Gasteiger partial charge is 1.00 e. The molecule has 8 rings (SSSR count). The van der Waals surface area contributed by atoms with Crippen LogP contribution in [0.4, 0.5) is 0 Å². The van der Waals surface area contributed by atoms with Crippen molar-refractivity contribution in [1.82, 2.24) is 0 Å². The second-order valence-corrected chi connectivity index (χ2v) is 54.7. The van der Waals surface area contributed by atoms with E-state index in [9.17, 15) is 0 Å². The minimum atomic E-state index is -2.45. The average molecular weight is 1820 g/mol. The summed E-state index contributed by atoms with van der Waals surface area (Å²) in [6.07, 6.45) is 0. The first-order valence-corrected chi connectivity index (χ1v) is 48.4. The van der Waals surface area contributed by atoms with Gasteiger partial charge in [0.2, 0.25) is 0 Å². The molecule has 0 saturated carbocycles. The number of halogens is 2. The average Bonchev–Trinajstić information content (AvgIpc) is 2.81. The van der Waals surface area contributed by atoms with Crippen molar-refractivity contribution in [2.45, 2.75) is 92.4 Å². The van der Waals surface area contributed by atoms with Gasteiger partial charge in [-0.05, 0) is 35.1 Å². The van der Waals surface area contributed by atoms with Crippen LogP contribution < -0.4 is 90.4 Å². The standard InChI is InChI=1S/2C31H38N2P2Si2.C4H10O.6Cu.2HI/c2*1-36(2,3)32-34(28-19-11-7-12-20-28,29-21-13-8-14-22-29)27-35(33-37(4,5)6,30-23-15-9-16-24-30)31-25-17-10-18-26-31;1-3-5-4-2;;;;;;;;/h2*7-26H,1-6H3;3-4H2,1-2H3;;;;;;;2*1H/q2*-2;;6*+1;;/p-2. The third-order valence-electron chi connectivity index (χ3n) is 11.8. The zero-order chi connectivity index (χ0) is 57.3. The molecule has 0 heterocycles. The normalized spacial score (nSPS) is 11.3. The Balaban J connectivity index is -0.00000138. The Bertz CT molecular complexity index is 2970. The van der Waals surface area contributed by atoms with Gasteiger partial charge in [-0.2, -0.15) is 0 Å². The number of nitrogens with zero attached hydrogens (tertiary/aromatic N) is 4. The van der Waals surface area contributed by atoms with Crippen LogP contribution in [0.3, 0.4) is 0 Å². The Morgan fingerprint density at radius 1 is 0.299 bits per heavy atom. The maximum absolute atomic E-state index is 5.87. The topological polar surface area (TPSA) is 62.1 Å². The molecule has 0 aliphatic carbocycles. The van der Waals surface area contributed by atoms with Crippen LogP contribution in [-0.2, 0) is 107 Å². The van der Waals surface area contributed by atoms with Crippen LogP contribution in [0, 0.1) is 0 Å². The van der Waals surface area contributed by atoms with Crippen molar-refractivity contribution in [2.75, 3.05) is 13.2 Å². The van der Waals surface area contributed by atoms with Gasteiger partial charge in [0.15, 0.2) is 16.5 Å². The molecule has 0 spiro atoms. The first kappa shape index (κ1) is 91.3. The van der Waals surface area contributed by atoms with Gasteiger partial charge in [-0.1, -0.05) is 359 Å². The van der Waals surface area contributed by atoms with E-state index in [1.54, 1.807) is 0 Å². The van der Waals surface area contributed by atoms with Gasteiger partial charge >= 0.3 is 102 Å². The Labute approximate surface area is 628 Å². The molecule has 8 aromatic carbocycles. The van der Waals surface area contributed by atoms with Gasteiger partial charge in [0.05, 0.1) is 0 Å². The van der Waals surface area contributed by atoms with Gasteiger partial charge in [-0.15, -0.1) is 14.1 Å². The second-order valence-electron chi connectivity index (χ2n) is 23.3. The molecule has 0 bridgehead atoms. The number of hydrogen-bond acceptors (Lipinski definition) is 3. The summed E-state index contributed by atoms with van der Waals surface area (Å²) in [6.45, 7) is 33.8. The van der Waals surface area contributed by atoms with E-state index >= 15 is 0 Å². The fourth-order valence-corrected chi connectivity index (χ4v) is 42.7. The smallest absolute Gasteiger partial charge is 1.00 e. The van der Waals surface area contributed by atoms with Crippen LogP contribution in [0.2, 0.25) is 78.6 Å². The van der Waals surface area contributed by atoms with Crippen molar-refractivity contribution < 1.29 is 155 Å². The molecule has 0 aliphatic heterocycles. The molecular weight excluding hydrogens is 1740 g/mol. The molecule has 0 aliphatic rings. The summed E-state index contributed by atoms with van der Waals surface area (Å²) in [4.78, 5) is 0. The Kier molecular flexibility index (Phi) is 44.7.